The Morgan fingerprint density at radius 2 is 1.48 bits per heavy atom. The molecule has 10 heteroatoms. The summed E-state index contributed by atoms with van der Waals surface area (Å²) in [6.45, 7) is 6.69. The second kappa shape index (κ2) is 15.7. The molecule has 3 unspecified atom stereocenters. The van der Waals surface area contributed by atoms with Gasteiger partial charge in [-0.1, -0.05) is 26.7 Å². The fourth-order valence-corrected chi connectivity index (χ4v) is 4.16. The smallest absolute Gasteiger partial charge is 0.253 e. The van der Waals surface area contributed by atoms with Crippen LogP contribution in [0.1, 0.15) is 83.1 Å². The first-order valence-electron chi connectivity index (χ1n) is 13.3. The number of hydrogen-bond donors (Lipinski definition) is 4. The number of hydrogen-bond acceptors (Lipinski definition) is 5. The van der Waals surface area contributed by atoms with Gasteiger partial charge >= 0.3 is 0 Å². The Balaban J connectivity index is 2.46. The summed E-state index contributed by atoms with van der Waals surface area (Å²) in [4.78, 5) is 40.2. The highest BCUT2D eigenvalue weighted by molar-refractivity contribution is 6.04. The molecule has 0 radical (unpaired) electrons. The SMILES string of the molecule is CCCC#CC(O)C(O)C(Cc1cc(F)cc(F)c1)NC(=O)c1cc(C(N)=O)cc(C(=O)N(CCC)CCC)c1. The normalized spacial score (nSPS) is 13.0. The van der Waals surface area contributed by atoms with Crippen molar-refractivity contribution in [2.45, 2.75) is 71.1 Å². The van der Waals surface area contributed by atoms with Crippen LogP contribution >= 0.6 is 0 Å². The molecule has 5 N–H and O–H groups in total. The first kappa shape index (κ1) is 32.4. The highest BCUT2D eigenvalue weighted by atomic mass is 19.1. The van der Waals surface area contributed by atoms with Gasteiger partial charge < -0.3 is 26.2 Å². The number of carbonyl (C=O) groups excluding carboxylic acids is 3. The zero-order chi connectivity index (χ0) is 29.8. The average Bonchev–Trinajstić information content (AvgIpc) is 2.90. The topological polar surface area (TPSA) is 133 Å². The average molecular weight is 558 g/mol. The third kappa shape index (κ3) is 9.43. The van der Waals surface area contributed by atoms with Crippen molar-refractivity contribution in [2.24, 2.45) is 5.73 Å². The monoisotopic (exact) mass is 557 g/mol. The molecule has 0 saturated carbocycles. The molecule has 2 aromatic rings. The van der Waals surface area contributed by atoms with E-state index in [1.807, 2.05) is 20.8 Å². The molecule has 216 valence electrons. The van der Waals surface area contributed by atoms with Gasteiger partial charge in [-0.05, 0) is 61.6 Å². The van der Waals surface area contributed by atoms with Crippen molar-refractivity contribution in [1.82, 2.24) is 10.2 Å². The number of rotatable bonds is 13. The van der Waals surface area contributed by atoms with E-state index in [9.17, 15) is 33.4 Å². The van der Waals surface area contributed by atoms with Crippen molar-refractivity contribution in [3.05, 3.63) is 70.3 Å². The van der Waals surface area contributed by atoms with Gasteiger partial charge in [-0.3, -0.25) is 14.4 Å². The van der Waals surface area contributed by atoms with E-state index in [0.717, 1.165) is 18.6 Å². The Morgan fingerprint density at radius 1 is 0.900 bits per heavy atom. The van der Waals surface area contributed by atoms with Crippen LogP contribution in [-0.2, 0) is 6.42 Å². The maximum atomic E-state index is 13.8. The maximum absolute atomic E-state index is 13.8. The first-order chi connectivity index (χ1) is 19.0. The molecule has 3 atom stereocenters. The van der Waals surface area contributed by atoms with Crippen molar-refractivity contribution in [3.63, 3.8) is 0 Å². The van der Waals surface area contributed by atoms with E-state index in [4.69, 9.17) is 5.73 Å². The highest BCUT2D eigenvalue weighted by Gasteiger charge is 2.29. The molecule has 0 aliphatic carbocycles. The number of halogens is 2. The van der Waals surface area contributed by atoms with Gasteiger partial charge in [-0.15, -0.1) is 5.92 Å². The van der Waals surface area contributed by atoms with E-state index in [1.54, 1.807) is 4.90 Å². The van der Waals surface area contributed by atoms with Gasteiger partial charge in [0.1, 0.15) is 23.8 Å². The second-order valence-corrected chi connectivity index (χ2v) is 9.52. The lowest BCUT2D eigenvalue weighted by molar-refractivity contribution is 0.0262. The molecule has 3 amide bonds. The predicted octanol–water partition coefficient (Wildman–Crippen LogP) is 3.19. The molecule has 0 bridgehead atoms. The van der Waals surface area contributed by atoms with Gasteiger partial charge in [0.25, 0.3) is 11.8 Å². The van der Waals surface area contributed by atoms with Crippen LogP contribution in [0.15, 0.2) is 36.4 Å². The van der Waals surface area contributed by atoms with Gasteiger partial charge in [-0.25, -0.2) is 8.78 Å². The third-order valence-corrected chi connectivity index (χ3v) is 6.06. The number of nitrogens with one attached hydrogen (secondary N) is 1. The molecule has 0 saturated heterocycles. The Hall–Kier alpha value is -3.81. The summed E-state index contributed by atoms with van der Waals surface area (Å²) >= 11 is 0. The number of nitrogens with two attached hydrogens (primary N) is 1. The number of primary amides is 1. The number of carbonyl (C=O) groups is 3. The second-order valence-electron chi connectivity index (χ2n) is 9.52. The van der Waals surface area contributed by atoms with E-state index in [2.05, 4.69) is 17.2 Å². The van der Waals surface area contributed by atoms with E-state index in [0.29, 0.717) is 38.4 Å². The summed E-state index contributed by atoms with van der Waals surface area (Å²) in [5.41, 5.74) is 5.50. The number of benzene rings is 2. The summed E-state index contributed by atoms with van der Waals surface area (Å²) in [5.74, 6) is 1.51. The third-order valence-electron chi connectivity index (χ3n) is 6.06. The van der Waals surface area contributed by atoms with Crippen LogP contribution in [0.5, 0.6) is 0 Å². The van der Waals surface area contributed by atoms with Crippen molar-refractivity contribution in [2.75, 3.05) is 13.1 Å². The zero-order valence-electron chi connectivity index (χ0n) is 23.0. The number of unbranched alkanes of at least 4 members (excludes halogenated alkanes) is 1. The van der Waals surface area contributed by atoms with E-state index in [1.165, 1.54) is 18.2 Å². The number of aliphatic hydroxyl groups is 2. The molecule has 0 heterocycles. The molecule has 0 aliphatic rings. The molecular formula is C30H37F2N3O5. The minimum absolute atomic E-state index is 0.0706. The van der Waals surface area contributed by atoms with Gasteiger partial charge in [0.2, 0.25) is 5.91 Å². The Morgan fingerprint density at radius 3 is 2.02 bits per heavy atom. The largest absolute Gasteiger partial charge is 0.387 e. The van der Waals surface area contributed by atoms with Gasteiger partial charge in [0.15, 0.2) is 0 Å². The van der Waals surface area contributed by atoms with Crippen molar-refractivity contribution in [1.29, 1.82) is 0 Å². The molecule has 0 aromatic heterocycles. The lowest BCUT2D eigenvalue weighted by Gasteiger charge is -2.26. The molecule has 0 fully saturated rings. The minimum Gasteiger partial charge on any atom is -0.387 e. The van der Waals surface area contributed by atoms with Crippen molar-refractivity contribution < 1.29 is 33.4 Å². The number of nitrogens with zero attached hydrogens (tertiary/aromatic N) is 1. The summed E-state index contributed by atoms with van der Waals surface area (Å²) in [6, 6.07) is 5.37. The molecule has 8 nitrogen and oxygen atoms in total. The van der Waals surface area contributed by atoms with Crippen molar-refractivity contribution in [3.8, 4) is 11.8 Å². The van der Waals surface area contributed by atoms with Crippen LogP contribution in [0.2, 0.25) is 0 Å². The van der Waals surface area contributed by atoms with Gasteiger partial charge in [-0.2, -0.15) is 0 Å². The summed E-state index contributed by atoms with van der Waals surface area (Å²) in [6.07, 6.45) is -0.846. The van der Waals surface area contributed by atoms with Gasteiger partial charge in [0.05, 0.1) is 6.04 Å². The van der Waals surface area contributed by atoms with Crippen molar-refractivity contribution >= 4 is 17.7 Å². The summed E-state index contributed by atoms with van der Waals surface area (Å²) in [5, 5.41) is 23.9. The van der Waals surface area contributed by atoms with Crippen LogP contribution in [0, 0.1) is 23.5 Å². The summed E-state index contributed by atoms with van der Waals surface area (Å²) in [7, 11) is 0. The van der Waals surface area contributed by atoms with Crippen LogP contribution in [0.25, 0.3) is 0 Å². The first-order valence-corrected chi connectivity index (χ1v) is 13.3. The molecule has 2 aromatic carbocycles. The van der Waals surface area contributed by atoms with Gasteiger partial charge in [0, 0.05) is 42.3 Å². The summed E-state index contributed by atoms with van der Waals surface area (Å²) < 4.78 is 27.7. The van der Waals surface area contributed by atoms with Crippen LogP contribution in [0.4, 0.5) is 8.78 Å². The standard InChI is InChI=1S/C30H37F2N3O5/c1-4-7-8-9-26(36)27(37)25(14-19-12-23(31)18-24(32)13-19)34-29(39)21-15-20(28(33)38)16-22(17-21)30(40)35(10-5-2)11-6-3/h12-13,15-18,25-27,36-37H,4-7,10-11,14H2,1-3H3,(H2,33,38)(H,34,39). The Labute approximate surface area is 233 Å². The lowest BCUT2D eigenvalue weighted by atomic mass is 9.96. The number of amides is 3. The fourth-order valence-electron chi connectivity index (χ4n) is 4.16. The minimum atomic E-state index is -1.63. The Bertz CT molecular complexity index is 1230. The van der Waals surface area contributed by atoms with E-state index >= 15 is 0 Å². The lowest BCUT2D eigenvalue weighted by Crippen LogP contribution is -2.49. The predicted molar refractivity (Wildman–Crippen MR) is 147 cm³/mol. The van der Waals surface area contributed by atoms with Crippen LogP contribution in [0.3, 0.4) is 0 Å². The van der Waals surface area contributed by atoms with Crippen LogP contribution in [-0.4, -0.2) is 64.2 Å². The zero-order valence-corrected chi connectivity index (χ0v) is 23.0. The molecule has 0 spiro atoms. The molecule has 2 rings (SSSR count). The number of aliphatic hydroxyl groups excluding tert-OH is 2. The highest BCUT2D eigenvalue weighted by Crippen LogP contribution is 2.17. The Kier molecular flexibility index (Phi) is 12.7. The maximum Gasteiger partial charge on any atom is 0.253 e. The van der Waals surface area contributed by atoms with Crippen LogP contribution < -0.4 is 11.1 Å². The van der Waals surface area contributed by atoms with E-state index in [-0.39, 0.29) is 34.6 Å². The molecular weight excluding hydrogens is 520 g/mol. The quantitative estimate of drug-likeness (QED) is 0.281. The molecule has 0 aliphatic heterocycles. The van der Waals surface area contributed by atoms with E-state index < -0.39 is 41.7 Å². The fraction of sp³-hybridized carbons (Fsp3) is 0.433. The molecule has 40 heavy (non-hydrogen) atoms.